The van der Waals surface area contributed by atoms with Crippen LogP contribution in [0.25, 0.3) is 15.9 Å². The minimum Gasteiger partial charge on any atom is -0.382 e. The number of nitrogens with one attached hydrogen (secondary N) is 3. The number of pyridine rings is 1. The molecule has 3 aromatic heterocycles. The van der Waals surface area contributed by atoms with E-state index in [4.69, 9.17) is 11.1 Å². The molecule has 30 heavy (non-hydrogen) atoms. The van der Waals surface area contributed by atoms with Crippen LogP contribution >= 0.6 is 27.3 Å². The second kappa shape index (κ2) is 8.60. The van der Waals surface area contributed by atoms with Gasteiger partial charge < -0.3 is 16.4 Å². The molecule has 3 heterocycles. The van der Waals surface area contributed by atoms with Gasteiger partial charge in [0.25, 0.3) is 0 Å². The van der Waals surface area contributed by atoms with Gasteiger partial charge in [0.15, 0.2) is 0 Å². The predicted molar refractivity (Wildman–Crippen MR) is 128 cm³/mol. The van der Waals surface area contributed by atoms with E-state index in [-0.39, 0.29) is 4.62 Å². The van der Waals surface area contributed by atoms with Crippen LogP contribution in [0.1, 0.15) is 16.8 Å². The normalized spacial score (nSPS) is 10.7. The largest absolute Gasteiger partial charge is 0.382 e. The number of nitrogens with zero attached hydrogens (tertiary/aromatic N) is 3. The van der Waals surface area contributed by atoms with Crippen molar-refractivity contribution in [3.63, 3.8) is 0 Å². The van der Waals surface area contributed by atoms with Crippen molar-refractivity contribution in [1.29, 1.82) is 5.41 Å². The Hall–Kier alpha value is -3.30. The van der Waals surface area contributed by atoms with E-state index in [1.807, 2.05) is 41.8 Å². The molecule has 0 fully saturated rings. The predicted octanol–water partition coefficient (Wildman–Crippen LogP) is 5.08. The van der Waals surface area contributed by atoms with Crippen molar-refractivity contribution in [2.45, 2.75) is 6.54 Å². The third kappa shape index (κ3) is 4.03. The highest BCUT2D eigenvalue weighted by atomic mass is 79.9. The minimum atomic E-state index is 0.253. The molecule has 0 aliphatic carbocycles. The summed E-state index contributed by atoms with van der Waals surface area (Å²) in [5.41, 5.74) is 11.4. The standard InChI is InChI=1S/C21H18BrN7S/c1-12(14-10-30-19-18(14)27-11-28-21(19)24)29-16-7-4-6-15(17(16)20(22)23)26-9-13-5-2-3-8-25-13/h2-8,10-11,23,26,29H,1,9H2,(H2,24,27,28). The van der Waals surface area contributed by atoms with E-state index < -0.39 is 0 Å². The maximum absolute atomic E-state index is 8.23. The molecule has 0 aliphatic rings. The summed E-state index contributed by atoms with van der Waals surface area (Å²) in [6.45, 7) is 4.72. The summed E-state index contributed by atoms with van der Waals surface area (Å²) >= 11 is 4.80. The zero-order chi connectivity index (χ0) is 21.1. The van der Waals surface area contributed by atoms with Gasteiger partial charge in [-0.25, -0.2) is 9.97 Å². The summed E-state index contributed by atoms with van der Waals surface area (Å²) < 4.78 is 1.08. The first-order chi connectivity index (χ1) is 14.5. The van der Waals surface area contributed by atoms with Crippen LogP contribution in [0.3, 0.4) is 0 Å². The number of nitrogens with two attached hydrogens (primary N) is 1. The van der Waals surface area contributed by atoms with E-state index in [0.29, 0.717) is 23.6 Å². The van der Waals surface area contributed by atoms with Gasteiger partial charge in [-0.2, -0.15) is 0 Å². The van der Waals surface area contributed by atoms with Gasteiger partial charge in [0, 0.05) is 28.5 Å². The molecule has 9 heteroatoms. The summed E-state index contributed by atoms with van der Waals surface area (Å²) in [6, 6.07) is 11.5. The lowest BCUT2D eigenvalue weighted by Gasteiger charge is -2.17. The van der Waals surface area contributed by atoms with Crippen LogP contribution in [-0.4, -0.2) is 19.6 Å². The third-order valence-corrected chi connectivity index (χ3v) is 5.85. The van der Waals surface area contributed by atoms with Crippen LogP contribution in [0.5, 0.6) is 0 Å². The lowest BCUT2D eigenvalue weighted by atomic mass is 10.1. The van der Waals surface area contributed by atoms with E-state index in [0.717, 1.165) is 32.8 Å². The Labute approximate surface area is 185 Å². The monoisotopic (exact) mass is 479 g/mol. The van der Waals surface area contributed by atoms with E-state index in [1.165, 1.54) is 17.7 Å². The minimum absolute atomic E-state index is 0.253. The van der Waals surface area contributed by atoms with Crippen molar-refractivity contribution >= 4 is 65.0 Å². The number of halogens is 1. The summed E-state index contributed by atoms with van der Waals surface area (Å²) in [6.07, 6.45) is 3.21. The van der Waals surface area contributed by atoms with Gasteiger partial charge in [0.05, 0.1) is 33.7 Å². The van der Waals surface area contributed by atoms with Crippen LogP contribution in [0.2, 0.25) is 0 Å². The molecule has 0 atom stereocenters. The molecule has 150 valence electrons. The van der Waals surface area contributed by atoms with E-state index in [1.54, 1.807) is 6.20 Å². The van der Waals surface area contributed by atoms with Crippen molar-refractivity contribution < 1.29 is 0 Å². The SMILES string of the molecule is C=C(Nc1cccc(NCc2ccccn2)c1C(=N)Br)c1csc2c(N)ncnc12. The number of hydrogen-bond donors (Lipinski definition) is 4. The van der Waals surface area contributed by atoms with Gasteiger partial charge in [-0.05, 0) is 40.2 Å². The van der Waals surface area contributed by atoms with Crippen molar-refractivity contribution in [2.24, 2.45) is 0 Å². The Morgan fingerprint density at radius 2 is 1.97 bits per heavy atom. The molecule has 0 bridgehead atoms. The van der Waals surface area contributed by atoms with Crippen LogP contribution in [-0.2, 0) is 6.54 Å². The average Bonchev–Trinajstić information content (AvgIpc) is 3.18. The first kappa shape index (κ1) is 20.0. The maximum atomic E-state index is 8.23. The molecule has 0 spiro atoms. The highest BCUT2D eigenvalue weighted by Crippen LogP contribution is 2.34. The molecule has 0 saturated carbocycles. The topological polar surface area (TPSA) is 113 Å². The summed E-state index contributed by atoms with van der Waals surface area (Å²) in [4.78, 5) is 12.7. The van der Waals surface area contributed by atoms with Gasteiger partial charge in [0.1, 0.15) is 16.8 Å². The molecule has 0 aliphatic heterocycles. The first-order valence-electron chi connectivity index (χ1n) is 8.99. The lowest BCUT2D eigenvalue weighted by Crippen LogP contribution is -2.08. The Kier molecular flexibility index (Phi) is 5.73. The Morgan fingerprint density at radius 1 is 1.13 bits per heavy atom. The fraction of sp³-hybridized carbons (Fsp3) is 0.0476. The summed E-state index contributed by atoms with van der Waals surface area (Å²) in [7, 11) is 0. The number of hydrogen-bond acceptors (Lipinski definition) is 8. The number of aromatic nitrogens is 3. The molecule has 0 unspecified atom stereocenters. The van der Waals surface area contributed by atoms with Crippen molar-refractivity contribution in [2.75, 3.05) is 16.4 Å². The number of anilines is 3. The van der Waals surface area contributed by atoms with Gasteiger partial charge in [0.2, 0.25) is 0 Å². The van der Waals surface area contributed by atoms with Crippen LogP contribution in [0, 0.1) is 5.41 Å². The lowest BCUT2D eigenvalue weighted by molar-refractivity contribution is 1.05. The smallest absolute Gasteiger partial charge is 0.144 e. The fourth-order valence-electron chi connectivity index (χ4n) is 3.04. The van der Waals surface area contributed by atoms with Crippen LogP contribution < -0.4 is 16.4 Å². The molecule has 0 radical (unpaired) electrons. The van der Waals surface area contributed by atoms with Gasteiger partial charge >= 0.3 is 0 Å². The number of rotatable bonds is 7. The molecule has 7 nitrogen and oxygen atoms in total. The van der Waals surface area contributed by atoms with Crippen LogP contribution in [0.4, 0.5) is 17.2 Å². The Bertz CT molecular complexity index is 1240. The maximum Gasteiger partial charge on any atom is 0.144 e. The van der Waals surface area contributed by atoms with Crippen LogP contribution in [0.15, 0.2) is 60.9 Å². The van der Waals surface area contributed by atoms with Gasteiger partial charge in [-0.15, -0.1) is 11.3 Å². The molecule has 0 saturated heterocycles. The van der Waals surface area contributed by atoms with Crippen molar-refractivity contribution in [1.82, 2.24) is 15.0 Å². The van der Waals surface area contributed by atoms with E-state index in [2.05, 4.69) is 48.1 Å². The van der Waals surface area contributed by atoms with Gasteiger partial charge in [-0.1, -0.05) is 18.7 Å². The highest BCUT2D eigenvalue weighted by Gasteiger charge is 2.16. The summed E-state index contributed by atoms with van der Waals surface area (Å²) in [5.74, 6) is 0.452. The first-order valence-corrected chi connectivity index (χ1v) is 10.7. The molecule has 5 N–H and O–H groups in total. The molecular formula is C21H18BrN7S. The van der Waals surface area contributed by atoms with Gasteiger partial charge in [-0.3, -0.25) is 10.4 Å². The molecule has 4 rings (SSSR count). The Balaban J connectivity index is 1.62. The van der Waals surface area contributed by atoms with E-state index >= 15 is 0 Å². The number of nitrogen functional groups attached to an aromatic ring is 1. The zero-order valence-electron chi connectivity index (χ0n) is 15.8. The average molecular weight is 480 g/mol. The molecule has 0 amide bonds. The zero-order valence-corrected chi connectivity index (χ0v) is 18.2. The molecular weight excluding hydrogens is 462 g/mol. The van der Waals surface area contributed by atoms with Crippen molar-refractivity contribution in [3.05, 3.63) is 77.7 Å². The summed E-state index contributed by atoms with van der Waals surface area (Å²) in [5, 5.41) is 16.9. The number of fused-ring (bicyclic) bond motifs is 1. The third-order valence-electron chi connectivity index (χ3n) is 4.46. The van der Waals surface area contributed by atoms with Crippen molar-refractivity contribution in [3.8, 4) is 0 Å². The van der Waals surface area contributed by atoms with E-state index in [9.17, 15) is 0 Å². The molecule has 1 aromatic carbocycles. The Morgan fingerprint density at radius 3 is 2.73 bits per heavy atom. The second-order valence-corrected chi connectivity index (χ2v) is 8.08. The fourth-order valence-corrected chi connectivity index (χ4v) is 4.41. The highest BCUT2D eigenvalue weighted by molar-refractivity contribution is 9.18. The molecule has 4 aromatic rings. The number of benzene rings is 1. The number of thiophene rings is 1. The second-order valence-electron chi connectivity index (χ2n) is 6.41. The quantitative estimate of drug-likeness (QED) is 0.274.